The molecule has 3 amide bonds. The molecular formula is C24H35N7O9. The molecule has 0 aliphatic heterocycles. The molecule has 16 heteroatoms. The molecule has 0 heterocycles. The van der Waals surface area contributed by atoms with Gasteiger partial charge in [-0.3, -0.25) is 29.0 Å². The number of aliphatic imine (C=N–C) groups is 1. The third kappa shape index (κ3) is 13.2. The summed E-state index contributed by atoms with van der Waals surface area (Å²) in [5.41, 5.74) is 16.6. The van der Waals surface area contributed by atoms with Gasteiger partial charge in [0.05, 0.1) is 12.5 Å². The third-order valence-corrected chi connectivity index (χ3v) is 5.49. The van der Waals surface area contributed by atoms with Gasteiger partial charge in [0.2, 0.25) is 17.7 Å². The minimum Gasteiger partial charge on any atom is -0.481 e. The first-order chi connectivity index (χ1) is 18.8. The van der Waals surface area contributed by atoms with Crippen LogP contribution < -0.4 is 33.2 Å². The molecule has 0 bridgehead atoms. The summed E-state index contributed by atoms with van der Waals surface area (Å²) in [5.74, 6) is -6.95. The van der Waals surface area contributed by atoms with Crippen molar-refractivity contribution in [2.45, 2.75) is 62.7 Å². The number of nitrogens with two attached hydrogens (primary N) is 3. The Morgan fingerprint density at radius 1 is 0.775 bits per heavy atom. The number of nitrogens with one attached hydrogen (secondary N) is 3. The predicted molar refractivity (Wildman–Crippen MR) is 141 cm³/mol. The largest absolute Gasteiger partial charge is 0.481 e. The van der Waals surface area contributed by atoms with Gasteiger partial charge < -0.3 is 48.5 Å². The minimum atomic E-state index is -1.52. The first-order valence-corrected chi connectivity index (χ1v) is 12.2. The molecule has 40 heavy (non-hydrogen) atoms. The second kappa shape index (κ2) is 17.0. The Bertz CT molecular complexity index is 1080. The molecular weight excluding hydrogens is 530 g/mol. The van der Waals surface area contributed by atoms with E-state index in [4.69, 9.17) is 27.4 Å². The summed E-state index contributed by atoms with van der Waals surface area (Å²) < 4.78 is 0. The lowest BCUT2D eigenvalue weighted by atomic mass is 10.0. The number of carbonyl (C=O) groups is 6. The first kappa shape index (κ1) is 33.3. The van der Waals surface area contributed by atoms with E-state index < -0.39 is 79.1 Å². The van der Waals surface area contributed by atoms with Gasteiger partial charge in [-0.15, -0.1) is 0 Å². The molecule has 1 aromatic carbocycles. The molecule has 1 rings (SSSR count). The summed E-state index contributed by atoms with van der Waals surface area (Å²) in [7, 11) is 0. The molecule has 0 radical (unpaired) electrons. The molecule has 1 aromatic rings. The van der Waals surface area contributed by atoms with Gasteiger partial charge in [-0.05, 0) is 24.8 Å². The van der Waals surface area contributed by atoms with Gasteiger partial charge in [0.1, 0.15) is 18.1 Å². The van der Waals surface area contributed by atoms with Crippen LogP contribution in [0.2, 0.25) is 0 Å². The monoisotopic (exact) mass is 565 g/mol. The van der Waals surface area contributed by atoms with Crippen LogP contribution in [0.25, 0.3) is 0 Å². The van der Waals surface area contributed by atoms with Crippen molar-refractivity contribution in [1.29, 1.82) is 0 Å². The number of hydrogen-bond acceptors (Lipinski definition) is 8. The van der Waals surface area contributed by atoms with E-state index in [1.807, 2.05) is 0 Å². The van der Waals surface area contributed by atoms with Crippen LogP contribution in [-0.4, -0.2) is 87.6 Å². The quantitative estimate of drug-likeness (QED) is 0.0506. The summed E-state index contributed by atoms with van der Waals surface area (Å²) in [5, 5.41) is 34.5. The third-order valence-electron chi connectivity index (χ3n) is 5.49. The molecule has 12 N–H and O–H groups in total. The van der Waals surface area contributed by atoms with E-state index in [-0.39, 0.29) is 31.8 Å². The highest BCUT2D eigenvalue weighted by molar-refractivity contribution is 5.95. The van der Waals surface area contributed by atoms with E-state index in [9.17, 15) is 33.9 Å². The lowest BCUT2D eigenvalue weighted by Gasteiger charge is -2.25. The summed E-state index contributed by atoms with van der Waals surface area (Å²) in [6.07, 6.45) is -1.55. The number of hydrogen-bond donors (Lipinski definition) is 9. The number of carboxylic acids is 3. The zero-order chi connectivity index (χ0) is 30.2. The van der Waals surface area contributed by atoms with Gasteiger partial charge in [-0.1, -0.05) is 30.3 Å². The minimum absolute atomic E-state index is 0.0252. The zero-order valence-corrected chi connectivity index (χ0v) is 21.6. The molecule has 4 unspecified atom stereocenters. The van der Waals surface area contributed by atoms with Crippen LogP contribution in [0.3, 0.4) is 0 Å². The molecule has 220 valence electrons. The summed E-state index contributed by atoms with van der Waals surface area (Å²) in [6.45, 7) is 0.126. The van der Waals surface area contributed by atoms with Crippen LogP contribution in [0.15, 0.2) is 35.3 Å². The standard InChI is InChI=1S/C24H35N7O9/c25-14(12-19(34)35)20(36)29-15(8-9-18(32)33)21(37)31-17(11-13-5-2-1-3-6-13)22(38)30-16(23(39)40)7-4-10-28-24(26)27/h1-3,5-6,14-17H,4,7-12,25H2,(H,29,36)(H,30,38)(H,31,37)(H,32,33)(H,34,35)(H,39,40)(H4,26,27,28). The molecule has 4 atom stereocenters. The van der Waals surface area contributed by atoms with Gasteiger partial charge >= 0.3 is 17.9 Å². The van der Waals surface area contributed by atoms with E-state index >= 15 is 0 Å². The van der Waals surface area contributed by atoms with Crippen LogP contribution in [0.1, 0.15) is 37.7 Å². The van der Waals surface area contributed by atoms with Crippen molar-refractivity contribution in [2.24, 2.45) is 22.2 Å². The number of aliphatic carboxylic acids is 3. The Morgan fingerprint density at radius 2 is 1.35 bits per heavy atom. The van der Waals surface area contributed by atoms with Crippen LogP contribution in [0.5, 0.6) is 0 Å². The number of benzene rings is 1. The maximum Gasteiger partial charge on any atom is 0.326 e. The Balaban J connectivity index is 3.12. The maximum atomic E-state index is 13.2. The fourth-order valence-corrected chi connectivity index (χ4v) is 3.46. The number of carbonyl (C=O) groups excluding carboxylic acids is 3. The van der Waals surface area contributed by atoms with E-state index in [1.165, 1.54) is 0 Å². The van der Waals surface area contributed by atoms with Gasteiger partial charge in [0.15, 0.2) is 5.96 Å². The number of nitrogens with zero attached hydrogens (tertiary/aromatic N) is 1. The lowest BCUT2D eigenvalue weighted by Crippen LogP contribution is -2.57. The number of rotatable bonds is 18. The van der Waals surface area contributed by atoms with Crippen molar-refractivity contribution in [3.63, 3.8) is 0 Å². The van der Waals surface area contributed by atoms with Gasteiger partial charge in [0.25, 0.3) is 0 Å². The average molecular weight is 566 g/mol. The van der Waals surface area contributed by atoms with Gasteiger partial charge in [-0.2, -0.15) is 0 Å². The van der Waals surface area contributed by atoms with Crippen LogP contribution in [0, 0.1) is 0 Å². The second-order valence-corrected chi connectivity index (χ2v) is 8.80. The molecule has 16 nitrogen and oxygen atoms in total. The molecule has 0 aliphatic carbocycles. The fourth-order valence-electron chi connectivity index (χ4n) is 3.46. The number of guanidine groups is 1. The molecule has 0 aromatic heterocycles. The summed E-state index contributed by atoms with van der Waals surface area (Å²) in [6, 6.07) is 2.79. The Labute approximate surface area is 229 Å². The molecule has 0 fully saturated rings. The predicted octanol–water partition coefficient (Wildman–Crippen LogP) is -2.51. The van der Waals surface area contributed by atoms with Crippen molar-refractivity contribution in [1.82, 2.24) is 16.0 Å². The highest BCUT2D eigenvalue weighted by Crippen LogP contribution is 2.08. The highest BCUT2D eigenvalue weighted by Gasteiger charge is 2.31. The van der Waals surface area contributed by atoms with Crippen LogP contribution in [0.4, 0.5) is 0 Å². The van der Waals surface area contributed by atoms with Crippen molar-refractivity contribution < 1.29 is 44.1 Å². The van der Waals surface area contributed by atoms with Crippen LogP contribution in [-0.2, 0) is 35.2 Å². The summed E-state index contributed by atoms with van der Waals surface area (Å²) >= 11 is 0. The smallest absolute Gasteiger partial charge is 0.326 e. The molecule has 0 spiro atoms. The molecule has 0 aliphatic rings. The fraction of sp³-hybridized carbons (Fsp3) is 0.458. The van der Waals surface area contributed by atoms with Crippen molar-refractivity contribution >= 4 is 41.6 Å². The molecule has 0 saturated carbocycles. The Hall–Kier alpha value is -4.73. The maximum absolute atomic E-state index is 13.2. The normalized spacial score (nSPS) is 13.5. The van der Waals surface area contributed by atoms with E-state index in [2.05, 4.69) is 20.9 Å². The highest BCUT2D eigenvalue weighted by atomic mass is 16.4. The lowest BCUT2D eigenvalue weighted by molar-refractivity contribution is -0.142. The Kier molecular flexibility index (Phi) is 14.1. The first-order valence-electron chi connectivity index (χ1n) is 12.2. The van der Waals surface area contributed by atoms with Crippen LogP contribution >= 0.6 is 0 Å². The zero-order valence-electron chi connectivity index (χ0n) is 21.6. The Morgan fingerprint density at radius 3 is 1.90 bits per heavy atom. The van der Waals surface area contributed by atoms with Gasteiger partial charge in [-0.25, -0.2) is 4.79 Å². The van der Waals surface area contributed by atoms with Crippen molar-refractivity contribution in [3.05, 3.63) is 35.9 Å². The van der Waals surface area contributed by atoms with Gasteiger partial charge in [0, 0.05) is 19.4 Å². The summed E-state index contributed by atoms with van der Waals surface area (Å²) in [4.78, 5) is 76.1. The van der Waals surface area contributed by atoms with Crippen molar-refractivity contribution in [2.75, 3.05) is 6.54 Å². The van der Waals surface area contributed by atoms with E-state index in [0.29, 0.717) is 5.56 Å². The van der Waals surface area contributed by atoms with E-state index in [0.717, 1.165) is 0 Å². The average Bonchev–Trinajstić information content (AvgIpc) is 2.87. The number of amides is 3. The number of carboxylic acid groups (broad SMARTS) is 3. The molecule has 0 saturated heterocycles. The topological polar surface area (TPSA) is 290 Å². The van der Waals surface area contributed by atoms with E-state index in [1.54, 1.807) is 30.3 Å². The SMILES string of the molecule is NC(N)=NCCCC(NC(=O)C(Cc1ccccc1)NC(=O)C(CCC(=O)O)NC(=O)C(N)CC(=O)O)C(=O)O. The van der Waals surface area contributed by atoms with Crippen molar-refractivity contribution in [3.8, 4) is 0 Å². The second-order valence-electron chi connectivity index (χ2n) is 8.80.